The Bertz CT molecular complexity index is 546. The van der Waals surface area contributed by atoms with Crippen LogP contribution in [0.3, 0.4) is 0 Å². The van der Waals surface area contributed by atoms with E-state index in [0.717, 1.165) is 16.3 Å². The summed E-state index contributed by atoms with van der Waals surface area (Å²) in [5.74, 6) is 0.731. The highest BCUT2D eigenvalue weighted by Gasteiger charge is 2.03. The van der Waals surface area contributed by atoms with Crippen LogP contribution in [0.15, 0.2) is 47.1 Å². The van der Waals surface area contributed by atoms with E-state index in [-0.39, 0.29) is 5.84 Å². The van der Waals surface area contributed by atoms with Crippen LogP contribution >= 0.6 is 11.8 Å². The highest BCUT2D eigenvalue weighted by molar-refractivity contribution is 7.98. The minimum absolute atomic E-state index is 0.00360. The van der Waals surface area contributed by atoms with E-state index >= 15 is 0 Å². The number of rotatable bonds is 4. The second kappa shape index (κ2) is 5.97. The number of thioether (sulfide) groups is 1. The monoisotopic (exact) mass is 261 g/mol. The molecule has 0 amide bonds. The molecular weight excluding hydrogens is 250 g/mol. The Morgan fingerprint density at radius 3 is 2.94 bits per heavy atom. The van der Waals surface area contributed by atoms with Crippen LogP contribution in [0.1, 0.15) is 11.3 Å². The molecule has 0 aliphatic rings. The zero-order chi connectivity index (χ0) is 12.8. The van der Waals surface area contributed by atoms with E-state index in [9.17, 15) is 0 Å². The van der Waals surface area contributed by atoms with Crippen LogP contribution in [0.25, 0.3) is 0 Å². The second-order valence-corrected chi connectivity index (χ2v) is 4.37. The van der Waals surface area contributed by atoms with Crippen molar-refractivity contribution in [3.63, 3.8) is 0 Å². The van der Waals surface area contributed by atoms with Crippen LogP contribution in [0, 0.1) is 0 Å². The topological polar surface area (TPSA) is 97.3 Å². The molecule has 0 aliphatic carbocycles. The Balaban J connectivity index is 2.06. The molecule has 0 saturated carbocycles. The number of oxime groups is 1. The van der Waals surface area contributed by atoms with Crippen LogP contribution in [0.5, 0.6) is 0 Å². The van der Waals surface area contributed by atoms with Crippen molar-refractivity contribution >= 4 is 17.6 Å². The van der Waals surface area contributed by atoms with Gasteiger partial charge in [-0.2, -0.15) is 0 Å². The Kier molecular flexibility index (Phi) is 4.08. The van der Waals surface area contributed by atoms with Crippen molar-refractivity contribution in [2.75, 3.05) is 0 Å². The van der Waals surface area contributed by atoms with Gasteiger partial charge in [0.05, 0.1) is 5.03 Å². The van der Waals surface area contributed by atoms with Gasteiger partial charge in [0.2, 0.25) is 0 Å². The highest BCUT2D eigenvalue weighted by atomic mass is 32.2. The molecular formula is C11H11N5OS. The van der Waals surface area contributed by atoms with Gasteiger partial charge in [0.25, 0.3) is 0 Å². The molecule has 18 heavy (non-hydrogen) atoms. The standard InChI is InChI=1S/C11H11N5OS/c12-11(16-17)9-5-8(1-4-14-9)6-18-10-2-3-13-7-15-10/h1-5,7,17H,6H2,(H2,12,16). The van der Waals surface area contributed by atoms with Crippen molar-refractivity contribution in [1.82, 2.24) is 15.0 Å². The van der Waals surface area contributed by atoms with Crippen molar-refractivity contribution in [3.05, 3.63) is 48.2 Å². The zero-order valence-electron chi connectivity index (χ0n) is 9.39. The van der Waals surface area contributed by atoms with Gasteiger partial charge in [0.15, 0.2) is 5.84 Å². The molecule has 6 nitrogen and oxygen atoms in total. The van der Waals surface area contributed by atoms with Crippen molar-refractivity contribution < 1.29 is 5.21 Å². The lowest BCUT2D eigenvalue weighted by atomic mass is 10.2. The van der Waals surface area contributed by atoms with Gasteiger partial charge >= 0.3 is 0 Å². The summed E-state index contributed by atoms with van der Waals surface area (Å²) < 4.78 is 0. The van der Waals surface area contributed by atoms with Gasteiger partial charge in [-0.05, 0) is 23.8 Å². The molecule has 3 N–H and O–H groups in total. The van der Waals surface area contributed by atoms with Crippen LogP contribution in [0.4, 0.5) is 0 Å². The Hall–Kier alpha value is -2.15. The number of hydrogen-bond donors (Lipinski definition) is 2. The van der Waals surface area contributed by atoms with Crippen LogP contribution in [0.2, 0.25) is 0 Å². The summed E-state index contributed by atoms with van der Waals surface area (Å²) in [6.45, 7) is 0. The predicted molar refractivity (Wildman–Crippen MR) is 68.3 cm³/mol. The third kappa shape index (κ3) is 3.17. The van der Waals surface area contributed by atoms with Crippen LogP contribution < -0.4 is 5.73 Å². The summed E-state index contributed by atoms with van der Waals surface area (Å²) in [5, 5.41) is 12.4. The molecule has 2 rings (SSSR count). The maximum atomic E-state index is 8.59. The zero-order valence-corrected chi connectivity index (χ0v) is 10.2. The molecule has 0 unspecified atom stereocenters. The van der Waals surface area contributed by atoms with E-state index in [0.29, 0.717) is 5.69 Å². The molecule has 0 spiro atoms. The van der Waals surface area contributed by atoms with E-state index in [1.54, 1.807) is 30.2 Å². The third-order valence-corrected chi connectivity index (χ3v) is 3.15. The molecule has 0 atom stereocenters. The van der Waals surface area contributed by atoms with Gasteiger partial charge in [-0.15, -0.1) is 11.8 Å². The average molecular weight is 261 g/mol. The fourth-order valence-electron chi connectivity index (χ4n) is 1.28. The molecule has 7 heteroatoms. The normalized spacial score (nSPS) is 11.4. The summed E-state index contributed by atoms with van der Waals surface area (Å²) >= 11 is 1.58. The smallest absolute Gasteiger partial charge is 0.188 e. The first-order valence-electron chi connectivity index (χ1n) is 5.11. The molecule has 2 heterocycles. The van der Waals surface area contributed by atoms with Crippen molar-refractivity contribution in [3.8, 4) is 0 Å². The van der Waals surface area contributed by atoms with Gasteiger partial charge in [-0.3, -0.25) is 4.98 Å². The summed E-state index contributed by atoms with van der Waals surface area (Å²) in [5.41, 5.74) is 6.96. The number of nitrogens with two attached hydrogens (primary N) is 1. The summed E-state index contributed by atoms with van der Waals surface area (Å²) in [7, 11) is 0. The van der Waals surface area contributed by atoms with Gasteiger partial charge in [-0.25, -0.2) is 9.97 Å². The fraction of sp³-hybridized carbons (Fsp3) is 0.0909. The van der Waals surface area contributed by atoms with Gasteiger partial charge in [0.1, 0.15) is 12.0 Å². The van der Waals surface area contributed by atoms with Gasteiger partial charge < -0.3 is 10.9 Å². The fourth-order valence-corrected chi connectivity index (χ4v) is 2.05. The van der Waals surface area contributed by atoms with Gasteiger partial charge in [-0.1, -0.05) is 5.16 Å². The first-order chi connectivity index (χ1) is 8.79. The Morgan fingerprint density at radius 2 is 2.22 bits per heavy atom. The van der Waals surface area contributed by atoms with Crippen molar-refractivity contribution in [2.45, 2.75) is 10.8 Å². The lowest BCUT2D eigenvalue weighted by Crippen LogP contribution is -2.15. The Labute approximate surface area is 108 Å². The minimum atomic E-state index is 0.00360. The molecule has 0 fully saturated rings. The van der Waals surface area contributed by atoms with Crippen LogP contribution in [-0.4, -0.2) is 26.0 Å². The Morgan fingerprint density at radius 1 is 1.33 bits per heavy atom. The molecule has 2 aromatic heterocycles. The number of pyridine rings is 1. The number of hydrogen-bond acceptors (Lipinski definition) is 6. The molecule has 0 radical (unpaired) electrons. The summed E-state index contributed by atoms with van der Waals surface area (Å²) in [6.07, 6.45) is 4.84. The second-order valence-electron chi connectivity index (χ2n) is 3.37. The van der Waals surface area contributed by atoms with E-state index in [4.69, 9.17) is 10.9 Å². The largest absolute Gasteiger partial charge is 0.409 e. The average Bonchev–Trinajstić information content (AvgIpc) is 2.45. The third-order valence-electron chi connectivity index (χ3n) is 2.14. The number of nitrogens with zero attached hydrogens (tertiary/aromatic N) is 4. The molecule has 0 bridgehead atoms. The van der Waals surface area contributed by atoms with E-state index in [2.05, 4.69) is 20.1 Å². The lowest BCUT2D eigenvalue weighted by molar-refractivity contribution is 0.318. The minimum Gasteiger partial charge on any atom is -0.409 e. The molecule has 92 valence electrons. The number of amidine groups is 1. The first kappa shape index (κ1) is 12.3. The molecule has 0 aromatic carbocycles. The first-order valence-corrected chi connectivity index (χ1v) is 6.10. The quantitative estimate of drug-likeness (QED) is 0.215. The molecule has 0 saturated heterocycles. The van der Waals surface area contributed by atoms with Crippen molar-refractivity contribution in [1.29, 1.82) is 0 Å². The van der Waals surface area contributed by atoms with E-state index in [1.165, 1.54) is 6.33 Å². The van der Waals surface area contributed by atoms with E-state index < -0.39 is 0 Å². The predicted octanol–water partition coefficient (Wildman–Crippen LogP) is 1.26. The number of aromatic nitrogens is 3. The van der Waals surface area contributed by atoms with Crippen LogP contribution in [-0.2, 0) is 5.75 Å². The summed E-state index contributed by atoms with van der Waals surface area (Å²) in [6, 6.07) is 5.50. The molecule has 2 aromatic rings. The van der Waals surface area contributed by atoms with Gasteiger partial charge in [0, 0.05) is 18.1 Å². The lowest BCUT2D eigenvalue weighted by Gasteiger charge is -2.03. The summed E-state index contributed by atoms with van der Waals surface area (Å²) in [4.78, 5) is 12.0. The molecule has 0 aliphatic heterocycles. The van der Waals surface area contributed by atoms with Crippen molar-refractivity contribution in [2.24, 2.45) is 10.9 Å². The highest BCUT2D eigenvalue weighted by Crippen LogP contribution is 2.19. The maximum absolute atomic E-state index is 8.59. The van der Waals surface area contributed by atoms with E-state index in [1.807, 2.05) is 12.1 Å². The SMILES string of the molecule is NC(=NO)c1cc(CSc2ccncn2)ccn1. The maximum Gasteiger partial charge on any atom is 0.188 e.